The Labute approximate surface area is 110 Å². The Morgan fingerprint density at radius 3 is 2.84 bits per heavy atom. The number of aromatic nitrogens is 2. The van der Waals surface area contributed by atoms with E-state index >= 15 is 0 Å². The van der Waals surface area contributed by atoms with E-state index < -0.39 is 5.97 Å². The van der Waals surface area contributed by atoms with E-state index in [0.717, 1.165) is 17.8 Å². The van der Waals surface area contributed by atoms with Crippen LogP contribution in [0.4, 0.5) is 5.69 Å². The molecule has 1 aromatic heterocycles. The zero-order valence-corrected chi connectivity index (χ0v) is 10.6. The van der Waals surface area contributed by atoms with Crippen LogP contribution in [0.15, 0.2) is 24.3 Å². The van der Waals surface area contributed by atoms with E-state index in [2.05, 4.69) is 22.4 Å². The first kappa shape index (κ1) is 11.9. The Morgan fingerprint density at radius 1 is 1.42 bits per heavy atom. The lowest BCUT2D eigenvalue weighted by Crippen LogP contribution is -2.12. The molecule has 2 atom stereocenters. The predicted octanol–water partition coefficient (Wildman–Crippen LogP) is 2.40. The van der Waals surface area contributed by atoms with Gasteiger partial charge in [-0.1, -0.05) is 25.1 Å². The molecule has 2 aromatic rings. The minimum Gasteiger partial charge on any atom is -0.476 e. The average molecular weight is 257 g/mol. The summed E-state index contributed by atoms with van der Waals surface area (Å²) in [5.41, 5.74) is 1.28. The summed E-state index contributed by atoms with van der Waals surface area (Å²) in [5, 5.41) is 21.0. The van der Waals surface area contributed by atoms with E-state index in [0.29, 0.717) is 17.1 Å². The zero-order chi connectivity index (χ0) is 13.4. The van der Waals surface area contributed by atoms with Crippen LogP contribution in [0.3, 0.4) is 0 Å². The highest BCUT2D eigenvalue weighted by Crippen LogP contribution is 2.38. The van der Waals surface area contributed by atoms with Gasteiger partial charge in [-0.2, -0.15) is 0 Å². The Bertz CT molecular complexity index is 642. The lowest BCUT2D eigenvalue weighted by Gasteiger charge is -2.11. The van der Waals surface area contributed by atoms with Crippen molar-refractivity contribution in [2.75, 3.05) is 11.9 Å². The first-order chi connectivity index (χ1) is 9.16. The number of carboxylic acid groups (broad SMARTS) is 1. The summed E-state index contributed by atoms with van der Waals surface area (Å²) in [7, 11) is 0. The highest BCUT2D eigenvalue weighted by molar-refractivity contribution is 6.02. The van der Waals surface area contributed by atoms with Crippen LogP contribution in [-0.4, -0.2) is 27.8 Å². The van der Waals surface area contributed by atoms with Crippen molar-refractivity contribution < 1.29 is 9.90 Å². The second-order valence-electron chi connectivity index (χ2n) is 5.10. The number of benzene rings is 1. The molecule has 98 valence electrons. The molecule has 0 spiro atoms. The first-order valence-electron chi connectivity index (χ1n) is 6.39. The van der Waals surface area contributed by atoms with Crippen molar-refractivity contribution in [3.8, 4) is 0 Å². The molecular formula is C14H15N3O2. The summed E-state index contributed by atoms with van der Waals surface area (Å²) >= 11 is 0. The van der Waals surface area contributed by atoms with Crippen LogP contribution in [0.25, 0.3) is 10.9 Å². The molecule has 0 amide bonds. The van der Waals surface area contributed by atoms with Crippen molar-refractivity contribution in [1.29, 1.82) is 0 Å². The van der Waals surface area contributed by atoms with Gasteiger partial charge in [0.25, 0.3) is 0 Å². The maximum atomic E-state index is 11.2. The number of carboxylic acids is 1. The first-order valence-corrected chi connectivity index (χ1v) is 6.39. The molecule has 1 heterocycles. The molecular weight excluding hydrogens is 242 g/mol. The predicted molar refractivity (Wildman–Crippen MR) is 72.3 cm³/mol. The molecule has 1 aromatic carbocycles. The molecule has 1 fully saturated rings. The maximum absolute atomic E-state index is 11.2. The average Bonchev–Trinajstić information content (AvgIpc) is 3.11. The summed E-state index contributed by atoms with van der Waals surface area (Å²) in [6, 6.07) is 7.44. The normalized spacial score (nSPS) is 21.3. The van der Waals surface area contributed by atoms with Crippen LogP contribution < -0.4 is 5.32 Å². The van der Waals surface area contributed by atoms with Gasteiger partial charge in [-0.15, -0.1) is 10.2 Å². The van der Waals surface area contributed by atoms with Gasteiger partial charge in [-0.05, 0) is 24.3 Å². The molecule has 1 aliphatic carbocycles. The van der Waals surface area contributed by atoms with Crippen LogP contribution in [0.5, 0.6) is 0 Å². The Morgan fingerprint density at radius 2 is 2.16 bits per heavy atom. The van der Waals surface area contributed by atoms with Crippen molar-refractivity contribution in [3.05, 3.63) is 30.0 Å². The fourth-order valence-electron chi connectivity index (χ4n) is 2.30. The SMILES string of the molecule is CC1CC1CNc1c(C(=O)O)nnc2ccccc12. The summed E-state index contributed by atoms with van der Waals surface area (Å²) in [5.74, 6) is 0.306. The Hall–Kier alpha value is -2.17. The molecule has 2 unspecified atom stereocenters. The van der Waals surface area contributed by atoms with Gasteiger partial charge in [0.05, 0.1) is 11.2 Å². The van der Waals surface area contributed by atoms with Crippen LogP contribution in [0.1, 0.15) is 23.8 Å². The maximum Gasteiger partial charge on any atom is 0.358 e. The molecule has 0 saturated heterocycles. The monoisotopic (exact) mass is 257 g/mol. The van der Waals surface area contributed by atoms with Crippen LogP contribution in [0.2, 0.25) is 0 Å². The summed E-state index contributed by atoms with van der Waals surface area (Å²) < 4.78 is 0. The third-order valence-corrected chi connectivity index (χ3v) is 3.69. The van der Waals surface area contributed by atoms with Gasteiger partial charge in [-0.3, -0.25) is 0 Å². The number of hydrogen-bond donors (Lipinski definition) is 2. The van der Waals surface area contributed by atoms with Crippen molar-refractivity contribution in [3.63, 3.8) is 0 Å². The Kier molecular flexibility index (Phi) is 2.81. The lowest BCUT2D eigenvalue weighted by atomic mass is 10.1. The fourth-order valence-corrected chi connectivity index (χ4v) is 2.30. The van der Waals surface area contributed by atoms with Gasteiger partial charge in [0, 0.05) is 11.9 Å². The number of rotatable bonds is 4. The highest BCUT2D eigenvalue weighted by Gasteiger charge is 2.32. The van der Waals surface area contributed by atoms with E-state index in [1.54, 1.807) is 0 Å². The van der Waals surface area contributed by atoms with Gasteiger partial charge >= 0.3 is 5.97 Å². The number of fused-ring (bicyclic) bond motifs is 1. The summed E-state index contributed by atoms with van der Waals surface area (Å²) in [6.07, 6.45) is 1.20. The second-order valence-corrected chi connectivity index (χ2v) is 5.10. The topological polar surface area (TPSA) is 75.1 Å². The minimum atomic E-state index is -1.05. The Balaban J connectivity index is 2.01. The number of aromatic carboxylic acids is 1. The zero-order valence-electron chi connectivity index (χ0n) is 10.6. The quantitative estimate of drug-likeness (QED) is 0.879. The third-order valence-electron chi connectivity index (χ3n) is 3.69. The van der Waals surface area contributed by atoms with Crippen molar-refractivity contribution in [1.82, 2.24) is 10.2 Å². The number of carbonyl (C=O) groups is 1. The minimum absolute atomic E-state index is 0.00740. The van der Waals surface area contributed by atoms with E-state index in [1.165, 1.54) is 6.42 Å². The third kappa shape index (κ3) is 2.23. The lowest BCUT2D eigenvalue weighted by molar-refractivity contribution is 0.0690. The molecule has 3 rings (SSSR count). The van der Waals surface area contributed by atoms with E-state index in [4.69, 9.17) is 0 Å². The summed E-state index contributed by atoms with van der Waals surface area (Å²) in [6.45, 7) is 2.99. The second kappa shape index (κ2) is 4.50. The molecule has 19 heavy (non-hydrogen) atoms. The highest BCUT2D eigenvalue weighted by atomic mass is 16.4. The van der Waals surface area contributed by atoms with Crippen LogP contribution in [-0.2, 0) is 0 Å². The standard InChI is InChI=1S/C14H15N3O2/c1-8-6-9(8)7-15-12-10-4-2-3-5-11(10)16-17-13(12)14(18)19/h2-5,8-9H,6-7H2,1H3,(H,15,16)(H,18,19). The van der Waals surface area contributed by atoms with E-state index in [1.807, 2.05) is 24.3 Å². The van der Waals surface area contributed by atoms with Gasteiger partial charge in [0.1, 0.15) is 0 Å². The molecule has 2 N–H and O–H groups in total. The van der Waals surface area contributed by atoms with Crippen molar-refractivity contribution in [2.24, 2.45) is 11.8 Å². The van der Waals surface area contributed by atoms with Crippen molar-refractivity contribution >= 4 is 22.6 Å². The molecule has 0 bridgehead atoms. The summed E-state index contributed by atoms with van der Waals surface area (Å²) in [4.78, 5) is 11.2. The fraction of sp³-hybridized carbons (Fsp3) is 0.357. The number of anilines is 1. The molecule has 1 saturated carbocycles. The number of nitrogens with zero attached hydrogens (tertiary/aromatic N) is 2. The van der Waals surface area contributed by atoms with Crippen LogP contribution >= 0.6 is 0 Å². The number of hydrogen-bond acceptors (Lipinski definition) is 4. The molecule has 1 aliphatic rings. The van der Waals surface area contributed by atoms with Gasteiger partial charge < -0.3 is 10.4 Å². The largest absolute Gasteiger partial charge is 0.476 e. The van der Waals surface area contributed by atoms with Gasteiger partial charge in [0.2, 0.25) is 0 Å². The number of nitrogens with one attached hydrogen (secondary N) is 1. The molecule has 0 aliphatic heterocycles. The van der Waals surface area contributed by atoms with E-state index in [-0.39, 0.29) is 5.69 Å². The molecule has 0 radical (unpaired) electrons. The van der Waals surface area contributed by atoms with Crippen molar-refractivity contribution in [2.45, 2.75) is 13.3 Å². The molecule has 5 nitrogen and oxygen atoms in total. The van der Waals surface area contributed by atoms with Gasteiger partial charge in [-0.25, -0.2) is 4.79 Å². The van der Waals surface area contributed by atoms with E-state index in [9.17, 15) is 9.90 Å². The van der Waals surface area contributed by atoms with Gasteiger partial charge in [0.15, 0.2) is 5.69 Å². The smallest absolute Gasteiger partial charge is 0.358 e. The molecule has 5 heteroatoms. The van der Waals surface area contributed by atoms with Crippen LogP contribution in [0, 0.1) is 11.8 Å².